The fourth-order valence-electron chi connectivity index (χ4n) is 4.86. The number of benzene rings is 4. The van der Waals surface area contributed by atoms with Crippen LogP contribution in [0.2, 0.25) is 0 Å². The van der Waals surface area contributed by atoms with E-state index in [-0.39, 0.29) is 17.7 Å². The fourth-order valence-corrected chi connectivity index (χ4v) is 6.12. The summed E-state index contributed by atoms with van der Waals surface area (Å²) in [4.78, 5) is 27.6. The molecule has 3 N–H and O–H groups in total. The van der Waals surface area contributed by atoms with E-state index in [4.69, 9.17) is 0 Å². The molecule has 0 aromatic heterocycles. The standard InChI is InChI=1S/C33H37N3O5S/c1-3-36(4-2)23-25-16-14-24(15-17-25)20-31(33(38)39)34-32(37)22-30(27-11-6-5-7-12-27)35-42(40,41)29-19-18-26-10-8-9-13-28(26)21-29/h5-19,21,30-31,35H,3-4,20,22-23H2,1-2H3,(H,34,37)(H,38,39). The van der Waals surface area contributed by atoms with Crippen molar-refractivity contribution < 1.29 is 23.1 Å². The Morgan fingerprint density at radius 1 is 0.810 bits per heavy atom. The SMILES string of the molecule is CCN(CC)Cc1ccc(CC(NC(=O)CC(NS(=O)(=O)c2ccc3ccccc3c2)c2ccccc2)C(=O)O)cc1. The lowest BCUT2D eigenvalue weighted by Crippen LogP contribution is -2.44. The van der Waals surface area contributed by atoms with Crippen molar-refractivity contribution in [2.24, 2.45) is 0 Å². The second kappa shape index (κ2) is 14.2. The van der Waals surface area contributed by atoms with E-state index in [1.807, 2.05) is 48.5 Å². The van der Waals surface area contributed by atoms with Gasteiger partial charge < -0.3 is 10.4 Å². The molecule has 2 unspecified atom stereocenters. The Balaban J connectivity index is 1.47. The maximum absolute atomic E-state index is 13.4. The smallest absolute Gasteiger partial charge is 0.326 e. The van der Waals surface area contributed by atoms with Crippen molar-refractivity contribution in [2.45, 2.75) is 50.2 Å². The molecule has 0 aliphatic heterocycles. The molecule has 4 aromatic rings. The van der Waals surface area contributed by atoms with Crippen LogP contribution in [0.4, 0.5) is 0 Å². The van der Waals surface area contributed by atoms with E-state index >= 15 is 0 Å². The zero-order valence-electron chi connectivity index (χ0n) is 23.9. The Bertz CT molecular complexity index is 1600. The number of amides is 1. The monoisotopic (exact) mass is 587 g/mol. The number of rotatable bonds is 14. The summed E-state index contributed by atoms with van der Waals surface area (Å²) >= 11 is 0. The maximum Gasteiger partial charge on any atom is 0.326 e. The number of hydrogen-bond donors (Lipinski definition) is 3. The Hall–Kier alpha value is -4.05. The van der Waals surface area contributed by atoms with Crippen LogP contribution in [-0.2, 0) is 32.6 Å². The van der Waals surface area contributed by atoms with Crippen LogP contribution in [-0.4, -0.2) is 49.4 Å². The van der Waals surface area contributed by atoms with Crippen LogP contribution in [0.3, 0.4) is 0 Å². The number of carboxylic acid groups (broad SMARTS) is 1. The molecule has 1 amide bonds. The number of carbonyl (C=O) groups excluding carboxylic acids is 1. The topological polar surface area (TPSA) is 116 Å². The lowest BCUT2D eigenvalue weighted by molar-refractivity contribution is -0.141. The van der Waals surface area contributed by atoms with Gasteiger partial charge in [0.2, 0.25) is 15.9 Å². The van der Waals surface area contributed by atoms with E-state index in [0.717, 1.165) is 41.5 Å². The quantitative estimate of drug-likeness (QED) is 0.193. The van der Waals surface area contributed by atoms with Crippen LogP contribution in [0.1, 0.15) is 43.0 Å². The Kier molecular flexibility index (Phi) is 10.5. The number of carbonyl (C=O) groups is 2. The average Bonchev–Trinajstić information content (AvgIpc) is 3.00. The highest BCUT2D eigenvalue weighted by Crippen LogP contribution is 2.23. The molecule has 0 radical (unpaired) electrons. The molecule has 220 valence electrons. The number of fused-ring (bicyclic) bond motifs is 1. The van der Waals surface area contributed by atoms with Gasteiger partial charge in [0.15, 0.2) is 0 Å². The number of nitrogens with zero attached hydrogens (tertiary/aromatic N) is 1. The van der Waals surface area contributed by atoms with Crippen LogP contribution >= 0.6 is 0 Å². The van der Waals surface area contributed by atoms with Gasteiger partial charge >= 0.3 is 5.97 Å². The number of hydrogen-bond acceptors (Lipinski definition) is 5. The van der Waals surface area contributed by atoms with Crippen molar-refractivity contribution in [2.75, 3.05) is 13.1 Å². The van der Waals surface area contributed by atoms with Crippen LogP contribution < -0.4 is 10.0 Å². The zero-order valence-corrected chi connectivity index (χ0v) is 24.7. The maximum atomic E-state index is 13.4. The Labute approximate surface area is 247 Å². The van der Waals surface area contributed by atoms with Crippen molar-refractivity contribution in [3.63, 3.8) is 0 Å². The Morgan fingerprint density at radius 2 is 1.43 bits per heavy atom. The number of aliphatic carboxylic acids is 1. The molecule has 2 atom stereocenters. The number of carboxylic acids is 1. The number of sulfonamides is 1. The lowest BCUT2D eigenvalue weighted by Gasteiger charge is -2.21. The normalized spacial score (nSPS) is 13.1. The third kappa shape index (κ3) is 8.25. The fraction of sp³-hybridized carbons (Fsp3) is 0.273. The van der Waals surface area contributed by atoms with E-state index in [1.54, 1.807) is 42.5 Å². The summed E-state index contributed by atoms with van der Waals surface area (Å²) in [6.45, 7) is 6.90. The Morgan fingerprint density at radius 3 is 2.07 bits per heavy atom. The van der Waals surface area contributed by atoms with E-state index in [1.165, 1.54) is 6.07 Å². The van der Waals surface area contributed by atoms with Gasteiger partial charge in [0, 0.05) is 19.4 Å². The van der Waals surface area contributed by atoms with Gasteiger partial charge in [-0.25, -0.2) is 17.9 Å². The molecule has 4 rings (SSSR count). The minimum atomic E-state index is -4.00. The third-order valence-corrected chi connectivity index (χ3v) is 8.79. The van der Waals surface area contributed by atoms with Gasteiger partial charge in [-0.05, 0) is 52.7 Å². The summed E-state index contributed by atoms with van der Waals surface area (Å²) in [7, 11) is -4.00. The largest absolute Gasteiger partial charge is 0.480 e. The summed E-state index contributed by atoms with van der Waals surface area (Å²) in [6, 6.07) is 26.7. The predicted molar refractivity (Wildman–Crippen MR) is 164 cm³/mol. The van der Waals surface area contributed by atoms with Gasteiger partial charge in [-0.1, -0.05) is 98.8 Å². The summed E-state index contributed by atoms with van der Waals surface area (Å²) in [5.41, 5.74) is 2.50. The lowest BCUT2D eigenvalue weighted by atomic mass is 10.0. The molecule has 4 aromatic carbocycles. The highest BCUT2D eigenvalue weighted by Gasteiger charge is 2.27. The second-order valence-electron chi connectivity index (χ2n) is 10.2. The third-order valence-electron chi connectivity index (χ3n) is 7.32. The second-order valence-corrected chi connectivity index (χ2v) is 12.0. The molecule has 0 saturated heterocycles. The van der Waals surface area contributed by atoms with Gasteiger partial charge in [0.25, 0.3) is 0 Å². The first-order chi connectivity index (χ1) is 20.2. The molecule has 0 aliphatic rings. The number of nitrogens with one attached hydrogen (secondary N) is 2. The molecular weight excluding hydrogens is 550 g/mol. The van der Waals surface area contributed by atoms with Gasteiger partial charge in [-0.15, -0.1) is 0 Å². The van der Waals surface area contributed by atoms with Crippen molar-refractivity contribution in [3.8, 4) is 0 Å². The molecular formula is C33H37N3O5S. The van der Waals surface area contributed by atoms with E-state index in [0.29, 0.717) is 5.56 Å². The highest BCUT2D eigenvalue weighted by molar-refractivity contribution is 7.89. The molecule has 8 nitrogen and oxygen atoms in total. The first-order valence-electron chi connectivity index (χ1n) is 14.1. The summed E-state index contributed by atoms with van der Waals surface area (Å²) in [5, 5.41) is 14.1. The van der Waals surface area contributed by atoms with E-state index < -0.39 is 34.0 Å². The van der Waals surface area contributed by atoms with Gasteiger partial charge in [0.05, 0.1) is 10.9 Å². The van der Waals surface area contributed by atoms with Gasteiger partial charge in [-0.3, -0.25) is 9.69 Å². The first-order valence-corrected chi connectivity index (χ1v) is 15.5. The molecule has 0 saturated carbocycles. The first kappa shape index (κ1) is 30.9. The molecule has 42 heavy (non-hydrogen) atoms. The van der Waals surface area contributed by atoms with Crippen molar-refractivity contribution in [3.05, 3.63) is 114 Å². The zero-order chi connectivity index (χ0) is 30.1. The van der Waals surface area contributed by atoms with Crippen LogP contribution in [0.15, 0.2) is 102 Å². The van der Waals surface area contributed by atoms with E-state index in [2.05, 4.69) is 28.8 Å². The summed E-state index contributed by atoms with van der Waals surface area (Å²) in [6.07, 6.45) is -0.172. The summed E-state index contributed by atoms with van der Waals surface area (Å²) in [5.74, 6) is -1.74. The molecule has 0 spiro atoms. The van der Waals surface area contributed by atoms with E-state index in [9.17, 15) is 23.1 Å². The van der Waals surface area contributed by atoms with Gasteiger partial charge in [-0.2, -0.15) is 0 Å². The van der Waals surface area contributed by atoms with Crippen molar-refractivity contribution >= 4 is 32.7 Å². The van der Waals surface area contributed by atoms with Crippen molar-refractivity contribution in [1.29, 1.82) is 0 Å². The summed E-state index contributed by atoms with van der Waals surface area (Å²) < 4.78 is 29.5. The minimum Gasteiger partial charge on any atom is -0.480 e. The molecule has 0 bridgehead atoms. The van der Waals surface area contributed by atoms with Gasteiger partial charge in [0.1, 0.15) is 6.04 Å². The minimum absolute atomic E-state index is 0.0791. The van der Waals surface area contributed by atoms with Crippen LogP contribution in [0.25, 0.3) is 10.8 Å². The van der Waals surface area contributed by atoms with Crippen LogP contribution in [0, 0.1) is 0 Å². The highest BCUT2D eigenvalue weighted by atomic mass is 32.2. The van der Waals surface area contributed by atoms with Crippen LogP contribution in [0.5, 0.6) is 0 Å². The molecule has 0 fully saturated rings. The molecule has 0 heterocycles. The molecule has 0 aliphatic carbocycles. The predicted octanol–water partition coefficient (Wildman–Crippen LogP) is 4.90. The molecule has 9 heteroatoms. The van der Waals surface area contributed by atoms with Crippen molar-refractivity contribution in [1.82, 2.24) is 14.9 Å². The average molecular weight is 588 g/mol.